The molecule has 41 heavy (non-hydrogen) atoms. The summed E-state index contributed by atoms with van der Waals surface area (Å²) in [6, 6.07) is 15.1. The number of fused-ring (bicyclic) bond motifs is 1. The number of benzene rings is 2. The van der Waals surface area contributed by atoms with E-state index in [1.54, 1.807) is 31.2 Å². The maximum atomic E-state index is 13.6. The van der Waals surface area contributed by atoms with Gasteiger partial charge in [0.1, 0.15) is 12.1 Å². The highest BCUT2D eigenvalue weighted by Gasteiger charge is 2.36. The number of rotatable bonds is 11. The van der Waals surface area contributed by atoms with E-state index in [-0.39, 0.29) is 48.1 Å². The van der Waals surface area contributed by atoms with Crippen molar-refractivity contribution in [1.29, 1.82) is 0 Å². The molecule has 0 radical (unpaired) electrons. The number of nitrogens with one attached hydrogen (secondary N) is 4. The molecule has 2 aromatic rings. The summed E-state index contributed by atoms with van der Waals surface area (Å²) in [4.78, 5) is 52.6. The molecule has 2 aliphatic carbocycles. The summed E-state index contributed by atoms with van der Waals surface area (Å²) in [6.07, 6.45) is 6.99. The first-order chi connectivity index (χ1) is 19.7. The lowest BCUT2D eigenvalue weighted by molar-refractivity contribution is -0.131. The quantitative estimate of drug-likeness (QED) is 0.336. The summed E-state index contributed by atoms with van der Waals surface area (Å²) in [5, 5.41) is 11.9. The molecule has 1 saturated carbocycles. The van der Waals surface area contributed by atoms with Gasteiger partial charge in [-0.1, -0.05) is 75.6 Å². The molecule has 4 rings (SSSR count). The summed E-state index contributed by atoms with van der Waals surface area (Å²) in [6.45, 7) is 5.57. The highest BCUT2D eigenvalue weighted by molar-refractivity contribution is 5.98. The molecule has 0 aliphatic heterocycles. The average molecular weight is 561 g/mol. The SMILES string of the molecule is CC(NC(=O)C(NC(=O)c1ccccc1)C1Cc2ccccc2C1)C(=O)NC(CC(=O)NC1CCCCC1)C(C)C. The molecule has 0 spiro atoms. The topological polar surface area (TPSA) is 116 Å². The van der Waals surface area contributed by atoms with Gasteiger partial charge in [-0.15, -0.1) is 0 Å². The van der Waals surface area contributed by atoms with Crippen LogP contribution in [0.25, 0.3) is 0 Å². The van der Waals surface area contributed by atoms with E-state index in [4.69, 9.17) is 0 Å². The Balaban J connectivity index is 1.38. The Labute approximate surface area is 243 Å². The largest absolute Gasteiger partial charge is 0.353 e. The maximum Gasteiger partial charge on any atom is 0.251 e. The fourth-order valence-electron chi connectivity index (χ4n) is 5.90. The first-order valence-electron chi connectivity index (χ1n) is 15.0. The number of hydrogen-bond acceptors (Lipinski definition) is 4. The fraction of sp³-hybridized carbons (Fsp3) is 0.515. The van der Waals surface area contributed by atoms with Crippen LogP contribution in [-0.2, 0) is 27.2 Å². The summed E-state index contributed by atoms with van der Waals surface area (Å²) >= 11 is 0. The van der Waals surface area contributed by atoms with Crippen molar-refractivity contribution in [3.63, 3.8) is 0 Å². The molecule has 2 aliphatic rings. The standard InChI is InChI=1S/C33H44N4O4/c1-21(2)28(20-29(38)35-27-16-8-5-9-17-27)36-31(39)22(3)34-33(41)30(37-32(40)23-12-6-4-7-13-23)26-18-24-14-10-11-15-25(24)19-26/h4,6-7,10-15,21-22,26-28,30H,5,8-9,16-20H2,1-3H3,(H,34,41)(H,35,38)(H,36,39)(H,37,40). The Morgan fingerprint density at radius 3 is 1.98 bits per heavy atom. The maximum absolute atomic E-state index is 13.6. The number of carbonyl (C=O) groups excluding carboxylic acids is 4. The second kappa shape index (κ2) is 14.3. The van der Waals surface area contributed by atoms with Crippen LogP contribution in [0.15, 0.2) is 54.6 Å². The van der Waals surface area contributed by atoms with E-state index in [0.29, 0.717) is 18.4 Å². The predicted molar refractivity (Wildman–Crippen MR) is 159 cm³/mol. The number of hydrogen-bond donors (Lipinski definition) is 4. The van der Waals surface area contributed by atoms with Crippen molar-refractivity contribution in [2.45, 2.75) is 96.3 Å². The minimum atomic E-state index is -0.843. The van der Waals surface area contributed by atoms with Crippen LogP contribution in [-0.4, -0.2) is 47.8 Å². The molecule has 0 bridgehead atoms. The molecule has 0 saturated heterocycles. The molecule has 8 nitrogen and oxygen atoms in total. The van der Waals surface area contributed by atoms with Crippen LogP contribution < -0.4 is 21.3 Å². The van der Waals surface area contributed by atoms with Crippen molar-refractivity contribution in [2.24, 2.45) is 11.8 Å². The van der Waals surface area contributed by atoms with E-state index in [2.05, 4.69) is 33.4 Å². The summed E-state index contributed by atoms with van der Waals surface area (Å²) in [5.41, 5.74) is 2.81. The van der Waals surface area contributed by atoms with E-state index >= 15 is 0 Å². The number of carbonyl (C=O) groups is 4. The molecular formula is C33H44N4O4. The Hall–Kier alpha value is -3.68. The van der Waals surface area contributed by atoms with Gasteiger partial charge in [0.05, 0.1) is 0 Å². The molecule has 220 valence electrons. The molecule has 0 heterocycles. The second-order valence-electron chi connectivity index (χ2n) is 12.0. The first-order valence-corrected chi connectivity index (χ1v) is 15.0. The molecule has 0 aromatic heterocycles. The van der Waals surface area contributed by atoms with Crippen LogP contribution in [0, 0.1) is 11.8 Å². The van der Waals surface area contributed by atoms with Crippen LogP contribution in [0.1, 0.15) is 80.8 Å². The first kappa shape index (κ1) is 30.3. The lowest BCUT2D eigenvalue weighted by Crippen LogP contribution is -2.56. The molecule has 3 atom stereocenters. The summed E-state index contributed by atoms with van der Waals surface area (Å²) in [7, 11) is 0. The lowest BCUT2D eigenvalue weighted by Gasteiger charge is -2.28. The van der Waals surface area contributed by atoms with E-state index in [1.807, 2.05) is 32.0 Å². The zero-order valence-electron chi connectivity index (χ0n) is 24.5. The van der Waals surface area contributed by atoms with Crippen LogP contribution in [0.5, 0.6) is 0 Å². The third-order valence-corrected chi connectivity index (χ3v) is 8.42. The van der Waals surface area contributed by atoms with Gasteiger partial charge in [0.25, 0.3) is 5.91 Å². The number of amides is 4. The minimum absolute atomic E-state index is 0.0360. The van der Waals surface area contributed by atoms with Gasteiger partial charge >= 0.3 is 0 Å². The van der Waals surface area contributed by atoms with Crippen molar-refractivity contribution in [1.82, 2.24) is 21.3 Å². The van der Waals surface area contributed by atoms with E-state index in [1.165, 1.54) is 17.5 Å². The molecule has 3 unspecified atom stereocenters. The van der Waals surface area contributed by atoms with Gasteiger partial charge in [0, 0.05) is 24.1 Å². The van der Waals surface area contributed by atoms with Crippen molar-refractivity contribution in [3.05, 3.63) is 71.3 Å². The molecular weight excluding hydrogens is 516 g/mol. The van der Waals surface area contributed by atoms with Gasteiger partial charge in [-0.25, -0.2) is 0 Å². The van der Waals surface area contributed by atoms with Gasteiger partial charge in [-0.05, 0) is 67.7 Å². The average Bonchev–Trinajstić information content (AvgIpc) is 3.40. The second-order valence-corrected chi connectivity index (χ2v) is 12.0. The van der Waals surface area contributed by atoms with Gasteiger partial charge in [0.15, 0.2) is 0 Å². The molecule has 8 heteroatoms. The Morgan fingerprint density at radius 1 is 0.756 bits per heavy atom. The van der Waals surface area contributed by atoms with Crippen molar-refractivity contribution < 1.29 is 19.2 Å². The van der Waals surface area contributed by atoms with Gasteiger partial charge in [-0.3, -0.25) is 19.2 Å². The summed E-state index contributed by atoms with van der Waals surface area (Å²) in [5.74, 6) is -1.24. The fourth-order valence-corrected chi connectivity index (χ4v) is 5.90. The Morgan fingerprint density at radius 2 is 1.37 bits per heavy atom. The van der Waals surface area contributed by atoms with E-state index in [0.717, 1.165) is 25.7 Å². The van der Waals surface area contributed by atoms with Crippen LogP contribution in [0.3, 0.4) is 0 Å². The molecule has 4 amide bonds. The third-order valence-electron chi connectivity index (χ3n) is 8.42. The van der Waals surface area contributed by atoms with Crippen LogP contribution in [0.4, 0.5) is 0 Å². The minimum Gasteiger partial charge on any atom is -0.353 e. The van der Waals surface area contributed by atoms with Crippen LogP contribution >= 0.6 is 0 Å². The molecule has 2 aromatic carbocycles. The van der Waals surface area contributed by atoms with E-state index in [9.17, 15) is 19.2 Å². The normalized spacial score (nSPS) is 17.7. The zero-order chi connectivity index (χ0) is 29.4. The van der Waals surface area contributed by atoms with Crippen LogP contribution in [0.2, 0.25) is 0 Å². The third kappa shape index (κ3) is 8.41. The Bertz CT molecular complexity index is 1180. The Kier molecular flexibility index (Phi) is 10.6. The molecule has 4 N–H and O–H groups in total. The highest BCUT2D eigenvalue weighted by Crippen LogP contribution is 2.29. The van der Waals surface area contributed by atoms with Crippen molar-refractivity contribution >= 4 is 23.6 Å². The van der Waals surface area contributed by atoms with Gasteiger partial charge in [-0.2, -0.15) is 0 Å². The zero-order valence-corrected chi connectivity index (χ0v) is 24.5. The summed E-state index contributed by atoms with van der Waals surface area (Å²) < 4.78 is 0. The van der Waals surface area contributed by atoms with E-state index < -0.39 is 18.0 Å². The molecule has 1 fully saturated rings. The lowest BCUT2D eigenvalue weighted by atomic mass is 9.94. The van der Waals surface area contributed by atoms with Crippen molar-refractivity contribution in [2.75, 3.05) is 0 Å². The predicted octanol–water partition coefficient (Wildman–Crippen LogP) is 3.68. The highest BCUT2D eigenvalue weighted by atomic mass is 16.2. The smallest absolute Gasteiger partial charge is 0.251 e. The monoisotopic (exact) mass is 560 g/mol. The van der Waals surface area contributed by atoms with Crippen molar-refractivity contribution in [3.8, 4) is 0 Å². The van der Waals surface area contributed by atoms with Gasteiger partial charge < -0.3 is 21.3 Å². The van der Waals surface area contributed by atoms with Gasteiger partial charge in [0.2, 0.25) is 17.7 Å².